The monoisotopic (exact) mass is 474 g/mol. The first-order chi connectivity index (χ1) is 15.4. The summed E-state index contributed by atoms with van der Waals surface area (Å²) in [5, 5.41) is 21.1. The third kappa shape index (κ3) is 4.38. The first kappa shape index (κ1) is 21.7. The van der Waals surface area contributed by atoms with E-state index in [1.165, 1.54) is 11.1 Å². The van der Waals surface area contributed by atoms with Crippen molar-refractivity contribution in [3.05, 3.63) is 52.7 Å². The minimum Gasteiger partial charge on any atom is -0.393 e. The quantitative estimate of drug-likeness (QED) is 0.500. The van der Waals surface area contributed by atoms with Crippen LogP contribution in [0.5, 0.6) is 0 Å². The van der Waals surface area contributed by atoms with E-state index in [2.05, 4.69) is 44.9 Å². The van der Waals surface area contributed by atoms with E-state index in [0.29, 0.717) is 12.8 Å². The third-order valence-corrected chi connectivity index (χ3v) is 8.06. The molecule has 10 heteroatoms. The predicted molar refractivity (Wildman–Crippen MR) is 124 cm³/mol. The minimum atomic E-state index is -4.02. The lowest BCUT2D eigenvalue weighted by atomic mass is 9.88. The normalized spacial score (nSPS) is 25.7. The molecule has 0 bridgehead atoms. The molecule has 1 fully saturated rings. The average molecular weight is 475 g/mol. The first-order valence-corrected chi connectivity index (χ1v) is 13.2. The van der Waals surface area contributed by atoms with Crippen molar-refractivity contribution in [1.82, 2.24) is 9.97 Å². The van der Waals surface area contributed by atoms with Gasteiger partial charge in [-0.15, -0.1) is 11.3 Å². The molecular weight excluding hydrogens is 448 g/mol. The minimum absolute atomic E-state index is 0.0750. The van der Waals surface area contributed by atoms with Gasteiger partial charge < -0.3 is 10.4 Å². The molecule has 4 atom stereocenters. The maximum absolute atomic E-state index is 11.1. The second-order valence-corrected chi connectivity index (χ2v) is 10.8. The number of fused-ring (bicyclic) bond motifs is 2. The molecule has 0 amide bonds. The van der Waals surface area contributed by atoms with E-state index >= 15 is 0 Å². The number of nitrogens with one attached hydrogen (secondary N) is 1. The van der Waals surface area contributed by atoms with E-state index in [9.17, 15) is 13.5 Å². The first-order valence-electron chi connectivity index (χ1n) is 10.8. The molecule has 2 heterocycles. The van der Waals surface area contributed by atoms with Gasteiger partial charge in [-0.1, -0.05) is 24.3 Å². The number of aliphatic hydroxyl groups excluding tert-OH is 1. The van der Waals surface area contributed by atoms with Gasteiger partial charge in [-0.2, -0.15) is 8.42 Å². The summed E-state index contributed by atoms with van der Waals surface area (Å²) in [6.45, 7) is -0.110. The van der Waals surface area contributed by atoms with Gasteiger partial charge >= 0.3 is 10.3 Å². The molecule has 0 saturated heterocycles. The van der Waals surface area contributed by atoms with Crippen LogP contribution in [0.3, 0.4) is 0 Å². The zero-order valence-corrected chi connectivity index (χ0v) is 19.1. The van der Waals surface area contributed by atoms with E-state index in [4.69, 9.17) is 9.32 Å². The van der Waals surface area contributed by atoms with Crippen LogP contribution in [0.1, 0.15) is 54.3 Å². The fourth-order valence-electron chi connectivity index (χ4n) is 5.05. The Bertz CT molecular complexity index is 1230. The van der Waals surface area contributed by atoms with Crippen molar-refractivity contribution in [1.29, 1.82) is 0 Å². The molecule has 5 rings (SSSR count). The topological polar surface area (TPSA) is 127 Å². The average Bonchev–Trinajstić information content (AvgIpc) is 3.36. The van der Waals surface area contributed by atoms with Gasteiger partial charge in [-0.25, -0.2) is 15.1 Å². The van der Waals surface area contributed by atoms with Crippen LogP contribution in [0, 0.1) is 5.92 Å². The summed E-state index contributed by atoms with van der Waals surface area (Å²) in [5.74, 6) is 0.623. The van der Waals surface area contributed by atoms with E-state index in [1.807, 2.05) is 0 Å². The largest absolute Gasteiger partial charge is 0.393 e. The molecular formula is C22H26N4O4S2. The molecule has 2 aromatic heterocycles. The lowest BCUT2D eigenvalue weighted by Crippen LogP contribution is -2.24. The number of aliphatic hydroxyl groups is 1. The number of aromatic nitrogens is 2. The van der Waals surface area contributed by atoms with Crippen molar-refractivity contribution in [2.24, 2.45) is 11.1 Å². The summed E-state index contributed by atoms with van der Waals surface area (Å²) in [5.41, 5.74) is 4.68. The molecule has 3 aromatic rings. The van der Waals surface area contributed by atoms with Gasteiger partial charge in [-0.3, -0.25) is 4.18 Å². The van der Waals surface area contributed by atoms with Crippen LogP contribution < -0.4 is 10.5 Å². The van der Waals surface area contributed by atoms with Crippen molar-refractivity contribution in [2.45, 2.75) is 50.2 Å². The third-order valence-electron chi connectivity index (χ3n) is 6.61. The van der Waals surface area contributed by atoms with Gasteiger partial charge in [0.05, 0.1) is 29.0 Å². The summed E-state index contributed by atoms with van der Waals surface area (Å²) in [6.07, 6.45) is 5.40. The number of rotatable bonds is 6. The van der Waals surface area contributed by atoms with Gasteiger partial charge in [0.25, 0.3) is 0 Å². The molecule has 0 aliphatic heterocycles. The summed E-state index contributed by atoms with van der Waals surface area (Å²) >= 11 is 1.60. The molecule has 0 spiro atoms. The number of nitrogens with two attached hydrogens (primary N) is 1. The number of benzene rings is 1. The Morgan fingerprint density at radius 3 is 2.91 bits per heavy atom. The van der Waals surface area contributed by atoms with E-state index < -0.39 is 16.4 Å². The Morgan fingerprint density at radius 2 is 2.06 bits per heavy atom. The van der Waals surface area contributed by atoms with Gasteiger partial charge in [0.15, 0.2) is 0 Å². The maximum Gasteiger partial charge on any atom is 0.333 e. The fraction of sp³-hybridized carbons (Fsp3) is 0.455. The Labute approximate surface area is 191 Å². The van der Waals surface area contributed by atoms with E-state index in [0.717, 1.165) is 40.9 Å². The lowest BCUT2D eigenvalue weighted by molar-refractivity contribution is 0.101. The molecule has 8 nitrogen and oxygen atoms in total. The highest BCUT2D eigenvalue weighted by molar-refractivity contribution is 7.84. The number of nitrogens with zero attached hydrogens (tertiary/aromatic N) is 2. The number of hydrogen-bond acceptors (Lipinski definition) is 8. The molecule has 170 valence electrons. The number of thiophene rings is 1. The van der Waals surface area contributed by atoms with Crippen molar-refractivity contribution < 1.29 is 17.7 Å². The fourth-order valence-corrected chi connectivity index (χ4v) is 6.47. The maximum atomic E-state index is 11.1. The van der Waals surface area contributed by atoms with Crippen LogP contribution in [-0.2, 0) is 20.9 Å². The molecule has 32 heavy (non-hydrogen) atoms. The summed E-state index contributed by atoms with van der Waals surface area (Å²) < 4.78 is 27.9. The molecule has 0 unspecified atom stereocenters. The van der Waals surface area contributed by atoms with Crippen molar-refractivity contribution in [2.75, 3.05) is 11.9 Å². The Morgan fingerprint density at radius 1 is 1.22 bits per heavy atom. The molecule has 0 radical (unpaired) electrons. The van der Waals surface area contributed by atoms with Gasteiger partial charge in [0.2, 0.25) is 0 Å². The van der Waals surface area contributed by atoms with Crippen LogP contribution in [0.25, 0.3) is 10.2 Å². The molecule has 2 aliphatic rings. The molecule has 2 aliphatic carbocycles. The van der Waals surface area contributed by atoms with Gasteiger partial charge in [0.1, 0.15) is 12.1 Å². The van der Waals surface area contributed by atoms with E-state index in [1.54, 1.807) is 17.7 Å². The zero-order chi connectivity index (χ0) is 22.3. The van der Waals surface area contributed by atoms with Crippen LogP contribution >= 0.6 is 11.3 Å². The number of anilines is 1. The van der Waals surface area contributed by atoms with Gasteiger partial charge in [-0.05, 0) is 60.1 Å². The summed E-state index contributed by atoms with van der Waals surface area (Å²) in [7, 11) is -4.02. The van der Waals surface area contributed by atoms with Crippen molar-refractivity contribution >= 4 is 37.7 Å². The summed E-state index contributed by atoms with van der Waals surface area (Å²) in [6, 6.07) is 8.78. The highest BCUT2D eigenvalue weighted by atomic mass is 32.2. The van der Waals surface area contributed by atoms with Crippen LogP contribution in [-0.4, -0.2) is 36.2 Å². The van der Waals surface area contributed by atoms with E-state index in [-0.39, 0.29) is 24.5 Å². The molecule has 4 N–H and O–H groups in total. The van der Waals surface area contributed by atoms with Crippen molar-refractivity contribution in [3.63, 3.8) is 0 Å². The highest BCUT2D eigenvalue weighted by Crippen LogP contribution is 2.44. The standard InChI is InChI=1S/C22H26N4O4S2/c23-32(28,29)30-10-15-8-14(9-19(15)27)17-11-31-21-20(17)24-12-25-22(21)26-18-7-3-5-13-4-1-2-6-16(13)18/h1-2,4,6,11-12,14-15,18-19,27H,3,5,7-10H2,(H2,23,28,29)(H,24,25,26)/t14-,15+,18+,19+/m1/s1. The SMILES string of the molecule is NS(=O)(=O)OC[C@@H]1C[C@@H](c2csc3c(N[C@H]4CCCc5ccccc54)ncnc23)C[C@@H]1O. The van der Waals surface area contributed by atoms with Crippen molar-refractivity contribution in [3.8, 4) is 0 Å². The highest BCUT2D eigenvalue weighted by Gasteiger charge is 2.36. The predicted octanol–water partition coefficient (Wildman–Crippen LogP) is 3.26. The zero-order valence-electron chi connectivity index (χ0n) is 17.5. The Hall–Kier alpha value is -2.11. The van der Waals surface area contributed by atoms with Crippen LogP contribution in [0.2, 0.25) is 0 Å². The Kier molecular flexibility index (Phi) is 5.89. The lowest BCUT2D eigenvalue weighted by Gasteiger charge is -2.26. The number of hydrogen-bond donors (Lipinski definition) is 3. The molecule has 1 saturated carbocycles. The van der Waals surface area contributed by atoms with Crippen LogP contribution in [0.4, 0.5) is 5.82 Å². The smallest absolute Gasteiger partial charge is 0.333 e. The summed E-state index contributed by atoms with van der Waals surface area (Å²) in [4.78, 5) is 9.09. The van der Waals surface area contributed by atoms with Gasteiger partial charge in [0, 0.05) is 5.92 Å². The van der Waals surface area contributed by atoms with Crippen LogP contribution in [0.15, 0.2) is 36.0 Å². The molecule has 1 aromatic carbocycles. The second kappa shape index (κ2) is 8.68. The second-order valence-electron chi connectivity index (χ2n) is 8.65. The Balaban J connectivity index is 1.37. The number of aryl methyl sites for hydroxylation is 1.